The van der Waals surface area contributed by atoms with Crippen molar-refractivity contribution in [3.05, 3.63) is 36.4 Å². The third kappa shape index (κ3) is 3.24. The summed E-state index contributed by atoms with van der Waals surface area (Å²) in [4.78, 5) is 9.91. The summed E-state index contributed by atoms with van der Waals surface area (Å²) >= 11 is 0.150. The number of phenols is 1. The quantitative estimate of drug-likeness (QED) is 0.704. The van der Waals surface area contributed by atoms with Crippen molar-refractivity contribution in [3.63, 3.8) is 0 Å². The molecule has 0 bridgehead atoms. The van der Waals surface area contributed by atoms with E-state index in [-0.39, 0.29) is 24.0 Å². The van der Waals surface area contributed by atoms with Crippen molar-refractivity contribution in [2.24, 2.45) is 0 Å². The Morgan fingerprint density at radius 2 is 2.19 bits per heavy atom. The number of phenolic OH excluding ortho intramolecular Hbond substituents is 1. The van der Waals surface area contributed by atoms with Gasteiger partial charge < -0.3 is 19.7 Å². The summed E-state index contributed by atoms with van der Waals surface area (Å²) in [6, 6.07) is 10.9. The van der Waals surface area contributed by atoms with Gasteiger partial charge in [0, 0.05) is 48.4 Å². The third-order valence-corrected chi connectivity index (χ3v) is 5.31. The van der Waals surface area contributed by atoms with Crippen LogP contribution in [0.3, 0.4) is 0 Å². The van der Waals surface area contributed by atoms with E-state index in [1.165, 1.54) is 0 Å². The number of aromatic amines is 1. The van der Waals surface area contributed by atoms with Crippen LogP contribution in [0.2, 0.25) is 0 Å². The van der Waals surface area contributed by atoms with Crippen molar-refractivity contribution < 1.29 is 13.7 Å². The highest BCUT2D eigenvalue weighted by Gasteiger charge is 2.22. The van der Waals surface area contributed by atoms with Gasteiger partial charge in [0.2, 0.25) is 0 Å². The predicted molar refractivity (Wildman–Crippen MR) is 102 cm³/mol. The van der Waals surface area contributed by atoms with Gasteiger partial charge in [0.1, 0.15) is 28.7 Å². The Bertz CT molecular complexity index is 930. The molecule has 5 nitrogen and oxygen atoms in total. The van der Waals surface area contributed by atoms with Gasteiger partial charge in [0.25, 0.3) is 0 Å². The van der Waals surface area contributed by atoms with E-state index in [0.717, 1.165) is 48.3 Å². The number of hydrogen-bond donors (Lipinski definition) is 2. The van der Waals surface area contributed by atoms with Crippen LogP contribution in [0.5, 0.6) is 5.75 Å². The largest absolute Gasteiger partial charge is 0.508 e. The fourth-order valence-electron chi connectivity index (χ4n) is 3.47. The van der Waals surface area contributed by atoms with Gasteiger partial charge in [-0.25, -0.2) is 4.98 Å². The van der Waals surface area contributed by atoms with E-state index in [9.17, 15) is 8.99 Å². The molecule has 7 heteroatoms. The molecule has 3 aromatic rings. The van der Waals surface area contributed by atoms with Crippen molar-refractivity contribution in [2.75, 3.05) is 25.1 Å². The van der Waals surface area contributed by atoms with Crippen LogP contribution < -0.4 is 4.90 Å². The topological polar surface area (TPSA) is 61.4 Å². The van der Waals surface area contributed by atoms with E-state index in [2.05, 4.69) is 14.9 Å². The second-order valence-electron chi connectivity index (χ2n) is 6.50. The Labute approximate surface area is 155 Å². The minimum atomic E-state index is 0.150. The lowest BCUT2D eigenvalue weighted by molar-refractivity contribution is 0.0891. The van der Waals surface area contributed by atoms with E-state index in [1.54, 1.807) is 19.2 Å². The molecule has 1 saturated heterocycles. The number of H-pyrrole nitrogens is 1. The molecule has 0 amide bonds. The highest BCUT2D eigenvalue weighted by atomic mass is 32.2. The maximum atomic E-state index is 13.6. The SMILES string of the molecule is CO[C@H]1CCCN(c2ccc(-c3cc4ccc(O)cc4[nH]3)c(SF)n2)C1. The second kappa shape index (κ2) is 7.17. The summed E-state index contributed by atoms with van der Waals surface area (Å²) in [7, 11) is 1.72. The average Bonchev–Trinajstić information content (AvgIpc) is 3.10. The number of pyridine rings is 1. The fourth-order valence-corrected chi connectivity index (χ4v) is 3.86. The molecule has 136 valence electrons. The van der Waals surface area contributed by atoms with Gasteiger partial charge in [-0.1, -0.05) is 0 Å². The molecule has 1 atom stereocenters. The molecule has 1 aliphatic heterocycles. The van der Waals surface area contributed by atoms with Gasteiger partial charge >= 0.3 is 0 Å². The molecule has 0 spiro atoms. The molecule has 2 aromatic heterocycles. The molecule has 4 rings (SSSR count). The van der Waals surface area contributed by atoms with Gasteiger partial charge in [-0.3, -0.25) is 0 Å². The Hall–Kier alpha value is -2.25. The van der Waals surface area contributed by atoms with Crippen molar-refractivity contribution in [1.29, 1.82) is 0 Å². The van der Waals surface area contributed by atoms with Crippen molar-refractivity contribution in [1.82, 2.24) is 9.97 Å². The lowest BCUT2D eigenvalue weighted by atomic mass is 10.1. The first-order chi connectivity index (χ1) is 12.7. The van der Waals surface area contributed by atoms with E-state index >= 15 is 0 Å². The monoisotopic (exact) mass is 373 g/mol. The average molecular weight is 373 g/mol. The zero-order valence-electron chi connectivity index (χ0n) is 14.4. The molecule has 0 saturated carbocycles. The number of piperidine rings is 1. The minimum Gasteiger partial charge on any atom is -0.508 e. The van der Waals surface area contributed by atoms with Crippen LogP contribution in [0.4, 0.5) is 9.70 Å². The van der Waals surface area contributed by atoms with E-state index in [0.29, 0.717) is 10.6 Å². The van der Waals surface area contributed by atoms with Gasteiger partial charge in [0.15, 0.2) is 0 Å². The molecule has 0 unspecified atom stereocenters. The van der Waals surface area contributed by atoms with Crippen LogP contribution >= 0.6 is 12.1 Å². The van der Waals surface area contributed by atoms with Gasteiger partial charge in [0.05, 0.1) is 6.10 Å². The Morgan fingerprint density at radius 3 is 3.00 bits per heavy atom. The Kier molecular flexibility index (Phi) is 4.74. The number of halogens is 1. The molecular weight excluding hydrogens is 353 g/mol. The van der Waals surface area contributed by atoms with Gasteiger partial charge in [-0.2, -0.15) is 3.89 Å². The molecule has 1 fully saturated rings. The Morgan fingerprint density at radius 1 is 1.31 bits per heavy atom. The first-order valence-electron chi connectivity index (χ1n) is 8.57. The number of nitrogens with one attached hydrogen (secondary N) is 1. The van der Waals surface area contributed by atoms with Crippen molar-refractivity contribution >= 4 is 28.9 Å². The van der Waals surface area contributed by atoms with Crippen molar-refractivity contribution in [3.8, 4) is 17.0 Å². The van der Waals surface area contributed by atoms with Crippen LogP contribution in [0.1, 0.15) is 12.8 Å². The van der Waals surface area contributed by atoms with Gasteiger partial charge in [-0.15, -0.1) is 0 Å². The summed E-state index contributed by atoms with van der Waals surface area (Å²) in [5, 5.41) is 10.9. The standard InChI is InChI=1S/C19H20FN3O2S/c1-25-14-3-2-8-23(11-14)18-7-6-15(19(22-18)26-20)17-9-12-4-5-13(24)10-16(12)21-17/h4-7,9-10,14,21,24H,2-3,8,11H2,1H3/t14-/m0/s1. The zero-order chi connectivity index (χ0) is 18.1. The highest BCUT2D eigenvalue weighted by molar-refractivity contribution is 7.94. The summed E-state index contributed by atoms with van der Waals surface area (Å²) in [5.41, 5.74) is 2.29. The van der Waals surface area contributed by atoms with Crippen LogP contribution in [-0.2, 0) is 4.74 Å². The number of methoxy groups -OCH3 is 1. The molecule has 0 radical (unpaired) electrons. The number of hydrogen-bond acceptors (Lipinski definition) is 5. The van der Waals surface area contributed by atoms with Crippen LogP contribution in [0, 0.1) is 0 Å². The highest BCUT2D eigenvalue weighted by Crippen LogP contribution is 2.35. The fraction of sp³-hybridized carbons (Fsp3) is 0.316. The van der Waals surface area contributed by atoms with Crippen LogP contribution in [0.15, 0.2) is 41.4 Å². The number of aromatic nitrogens is 2. The zero-order valence-corrected chi connectivity index (χ0v) is 15.2. The van der Waals surface area contributed by atoms with Crippen LogP contribution in [0.25, 0.3) is 22.2 Å². The number of nitrogens with zero attached hydrogens (tertiary/aromatic N) is 2. The lowest BCUT2D eigenvalue weighted by Crippen LogP contribution is -2.39. The predicted octanol–water partition coefficient (Wildman–Crippen LogP) is 4.53. The molecule has 26 heavy (non-hydrogen) atoms. The molecule has 0 aliphatic carbocycles. The maximum Gasteiger partial charge on any atom is 0.141 e. The van der Waals surface area contributed by atoms with E-state index < -0.39 is 0 Å². The summed E-state index contributed by atoms with van der Waals surface area (Å²) in [6.45, 7) is 1.67. The number of ether oxygens (including phenoxy) is 1. The smallest absolute Gasteiger partial charge is 0.141 e. The van der Waals surface area contributed by atoms with Crippen molar-refractivity contribution in [2.45, 2.75) is 24.0 Å². The number of anilines is 1. The summed E-state index contributed by atoms with van der Waals surface area (Å²) < 4.78 is 19.1. The normalized spacial score (nSPS) is 17.8. The Balaban J connectivity index is 1.68. The summed E-state index contributed by atoms with van der Waals surface area (Å²) in [6.07, 6.45) is 2.26. The number of benzene rings is 1. The van der Waals surface area contributed by atoms with E-state index in [1.807, 2.05) is 24.3 Å². The number of aromatic hydroxyl groups is 1. The first-order valence-corrected chi connectivity index (χ1v) is 9.29. The molecule has 1 aromatic carbocycles. The third-order valence-electron chi connectivity index (χ3n) is 4.85. The second-order valence-corrected chi connectivity index (χ2v) is 7.04. The van der Waals surface area contributed by atoms with E-state index in [4.69, 9.17) is 4.74 Å². The molecule has 3 heterocycles. The lowest BCUT2D eigenvalue weighted by Gasteiger charge is -2.33. The minimum absolute atomic E-state index is 0.150. The number of rotatable bonds is 4. The molecular formula is C19H20FN3O2S. The van der Waals surface area contributed by atoms with Gasteiger partial charge in [-0.05, 0) is 43.2 Å². The maximum absolute atomic E-state index is 13.6. The molecule has 1 aliphatic rings. The summed E-state index contributed by atoms with van der Waals surface area (Å²) in [5.74, 6) is 0.960. The van der Waals surface area contributed by atoms with Crippen LogP contribution in [-0.4, -0.2) is 41.4 Å². The number of fused-ring (bicyclic) bond motifs is 1. The first kappa shape index (κ1) is 17.2. The molecule has 2 N–H and O–H groups in total.